The summed E-state index contributed by atoms with van der Waals surface area (Å²) in [5.41, 5.74) is 1.02. The Labute approximate surface area is 132 Å². The number of hydrogen-bond donors (Lipinski definition) is 1. The number of nitrogens with one attached hydrogen (secondary N) is 1. The van der Waals surface area contributed by atoms with Crippen LogP contribution in [-0.2, 0) is 23.0 Å². The van der Waals surface area contributed by atoms with Gasteiger partial charge in [-0.15, -0.1) is 0 Å². The van der Waals surface area contributed by atoms with Gasteiger partial charge in [0.25, 0.3) is 0 Å². The summed E-state index contributed by atoms with van der Waals surface area (Å²) in [7, 11) is -3.69. The lowest BCUT2D eigenvalue weighted by atomic mass is 10.1. The number of aryl methyl sites for hydroxylation is 1. The zero-order valence-electron chi connectivity index (χ0n) is 11.0. The zero-order valence-corrected chi connectivity index (χ0v) is 13.3. The Balaban J connectivity index is 1.83. The minimum Gasteiger partial charge on any atom is -0.269 e. The predicted octanol–water partition coefficient (Wildman–Crippen LogP) is 2.48. The topological polar surface area (TPSA) is 64.0 Å². The smallest absolute Gasteiger partial charge is 0.242 e. The van der Waals surface area contributed by atoms with Crippen LogP contribution in [0.25, 0.3) is 0 Å². The molecule has 0 saturated carbocycles. The molecule has 0 aliphatic carbocycles. The molecule has 2 aromatic rings. The first kappa shape index (κ1) is 14.8. The van der Waals surface area contributed by atoms with E-state index in [4.69, 9.17) is 23.2 Å². The molecule has 0 radical (unpaired) electrons. The van der Waals surface area contributed by atoms with Gasteiger partial charge in [0.2, 0.25) is 10.0 Å². The highest BCUT2D eigenvalue weighted by Crippen LogP contribution is 2.26. The van der Waals surface area contributed by atoms with Gasteiger partial charge in [-0.1, -0.05) is 23.2 Å². The lowest BCUT2D eigenvalue weighted by molar-refractivity contribution is 0.414. The molecular weight excluding hydrogens is 333 g/mol. The first-order valence-electron chi connectivity index (χ1n) is 6.44. The zero-order chi connectivity index (χ0) is 15.0. The van der Waals surface area contributed by atoms with Gasteiger partial charge in [-0.3, -0.25) is 4.68 Å². The van der Waals surface area contributed by atoms with E-state index < -0.39 is 10.0 Å². The molecule has 21 heavy (non-hydrogen) atoms. The molecule has 0 amide bonds. The van der Waals surface area contributed by atoms with Crippen LogP contribution in [0.2, 0.25) is 10.0 Å². The Kier molecular flexibility index (Phi) is 3.96. The van der Waals surface area contributed by atoms with Crippen molar-refractivity contribution in [3.05, 3.63) is 46.2 Å². The third kappa shape index (κ3) is 3.08. The molecule has 0 bridgehead atoms. The summed E-state index contributed by atoms with van der Waals surface area (Å²) in [5, 5.41) is 4.67. The minimum atomic E-state index is -3.69. The minimum absolute atomic E-state index is 0.00995. The van der Waals surface area contributed by atoms with Crippen molar-refractivity contribution in [1.82, 2.24) is 14.5 Å². The van der Waals surface area contributed by atoms with Gasteiger partial charge in [-0.2, -0.15) is 5.10 Å². The first-order chi connectivity index (χ1) is 9.95. The summed E-state index contributed by atoms with van der Waals surface area (Å²) >= 11 is 11.8. The summed E-state index contributed by atoms with van der Waals surface area (Å²) in [4.78, 5) is 0.00995. The number of hydrogen-bond acceptors (Lipinski definition) is 3. The summed E-state index contributed by atoms with van der Waals surface area (Å²) < 4.78 is 29.5. The average molecular weight is 346 g/mol. The van der Waals surface area contributed by atoms with Gasteiger partial charge in [-0.05, 0) is 30.7 Å². The molecular formula is C13H13Cl2N3O2S. The molecule has 0 fully saturated rings. The van der Waals surface area contributed by atoms with E-state index in [9.17, 15) is 8.42 Å². The molecule has 1 N–H and O–H groups in total. The molecule has 1 aromatic carbocycles. The second-order valence-electron chi connectivity index (χ2n) is 4.93. The van der Waals surface area contributed by atoms with Gasteiger partial charge in [0.1, 0.15) is 4.90 Å². The number of sulfonamides is 1. The fourth-order valence-electron chi connectivity index (χ4n) is 2.43. The van der Waals surface area contributed by atoms with E-state index >= 15 is 0 Å². The number of fused-ring (bicyclic) bond motifs is 1. The van der Waals surface area contributed by atoms with E-state index in [0.717, 1.165) is 5.69 Å². The van der Waals surface area contributed by atoms with Crippen molar-refractivity contribution in [2.45, 2.75) is 30.3 Å². The van der Waals surface area contributed by atoms with Crippen molar-refractivity contribution in [1.29, 1.82) is 0 Å². The number of aromatic nitrogens is 2. The highest BCUT2D eigenvalue weighted by atomic mass is 35.5. The summed E-state index contributed by atoms with van der Waals surface area (Å²) in [6.45, 7) is 0.693. The standard InChI is InChI=1S/C13H13Cl2N3O2S/c14-9-1-2-12(15)13(7-9)21(19,20)17-10-4-6-18-11(8-10)3-5-16-18/h1-3,5,7,10,17H,4,6,8H2/t10-/m0/s1. The number of benzene rings is 1. The van der Waals surface area contributed by atoms with Crippen LogP contribution in [0.3, 0.4) is 0 Å². The van der Waals surface area contributed by atoms with Gasteiger partial charge < -0.3 is 0 Å². The van der Waals surface area contributed by atoms with Crippen molar-refractivity contribution < 1.29 is 8.42 Å². The van der Waals surface area contributed by atoms with Crippen LogP contribution in [0, 0.1) is 0 Å². The lowest BCUT2D eigenvalue weighted by Crippen LogP contribution is -2.40. The maximum Gasteiger partial charge on any atom is 0.242 e. The molecule has 2 heterocycles. The van der Waals surface area contributed by atoms with Crippen molar-refractivity contribution in [2.24, 2.45) is 0 Å². The van der Waals surface area contributed by atoms with E-state index in [1.165, 1.54) is 12.1 Å². The second-order valence-corrected chi connectivity index (χ2v) is 7.46. The van der Waals surface area contributed by atoms with Crippen LogP contribution in [0.15, 0.2) is 35.4 Å². The highest BCUT2D eigenvalue weighted by molar-refractivity contribution is 7.89. The molecule has 1 aliphatic rings. The molecule has 0 unspecified atom stereocenters. The van der Waals surface area contributed by atoms with Crippen LogP contribution in [0.4, 0.5) is 0 Å². The van der Waals surface area contributed by atoms with Crippen LogP contribution in [-0.4, -0.2) is 24.2 Å². The highest BCUT2D eigenvalue weighted by Gasteiger charge is 2.26. The van der Waals surface area contributed by atoms with Crippen molar-refractivity contribution in [3.8, 4) is 0 Å². The van der Waals surface area contributed by atoms with Gasteiger partial charge in [-0.25, -0.2) is 13.1 Å². The normalized spacial score (nSPS) is 18.5. The molecule has 112 valence electrons. The van der Waals surface area contributed by atoms with Gasteiger partial charge in [0, 0.05) is 35.9 Å². The SMILES string of the molecule is O=S(=O)(N[C@H]1CCn2nccc2C1)c1cc(Cl)ccc1Cl. The second kappa shape index (κ2) is 5.61. The summed E-state index contributed by atoms with van der Waals surface area (Å²) in [6, 6.07) is 6.12. The van der Waals surface area contributed by atoms with Gasteiger partial charge in [0.15, 0.2) is 0 Å². The van der Waals surface area contributed by atoms with Crippen LogP contribution in [0.5, 0.6) is 0 Å². The number of nitrogens with zero attached hydrogens (tertiary/aromatic N) is 2. The lowest BCUT2D eigenvalue weighted by Gasteiger charge is -2.24. The van der Waals surface area contributed by atoms with E-state index in [-0.39, 0.29) is 16.0 Å². The van der Waals surface area contributed by atoms with Crippen LogP contribution < -0.4 is 4.72 Å². The van der Waals surface area contributed by atoms with E-state index in [1.54, 1.807) is 12.3 Å². The Morgan fingerprint density at radius 2 is 2.10 bits per heavy atom. The molecule has 5 nitrogen and oxygen atoms in total. The van der Waals surface area contributed by atoms with Gasteiger partial charge in [0.05, 0.1) is 5.02 Å². The largest absolute Gasteiger partial charge is 0.269 e. The maximum atomic E-state index is 12.4. The van der Waals surface area contributed by atoms with E-state index in [0.29, 0.717) is 24.4 Å². The molecule has 0 saturated heterocycles. The third-order valence-electron chi connectivity index (χ3n) is 3.45. The number of rotatable bonds is 3. The summed E-state index contributed by atoms with van der Waals surface area (Å²) in [6.07, 6.45) is 3.02. The Bertz CT molecular complexity index is 773. The quantitative estimate of drug-likeness (QED) is 0.929. The fraction of sp³-hybridized carbons (Fsp3) is 0.308. The van der Waals surface area contributed by atoms with E-state index in [2.05, 4.69) is 9.82 Å². The van der Waals surface area contributed by atoms with E-state index in [1.807, 2.05) is 10.7 Å². The first-order valence-corrected chi connectivity index (χ1v) is 8.68. The molecule has 3 rings (SSSR count). The summed E-state index contributed by atoms with van der Waals surface area (Å²) in [5.74, 6) is 0. The Hall–Kier alpha value is -1.08. The van der Waals surface area contributed by atoms with Crippen molar-refractivity contribution >= 4 is 33.2 Å². The molecule has 1 aliphatic heterocycles. The van der Waals surface area contributed by atoms with Crippen molar-refractivity contribution in [2.75, 3.05) is 0 Å². The molecule has 0 spiro atoms. The Morgan fingerprint density at radius 3 is 2.90 bits per heavy atom. The third-order valence-corrected chi connectivity index (χ3v) is 5.69. The maximum absolute atomic E-state index is 12.4. The van der Waals surface area contributed by atoms with Crippen LogP contribution >= 0.6 is 23.2 Å². The molecule has 1 aromatic heterocycles. The van der Waals surface area contributed by atoms with Crippen molar-refractivity contribution in [3.63, 3.8) is 0 Å². The Morgan fingerprint density at radius 1 is 1.29 bits per heavy atom. The monoisotopic (exact) mass is 345 g/mol. The average Bonchev–Trinajstić information content (AvgIpc) is 2.88. The van der Waals surface area contributed by atoms with Gasteiger partial charge >= 0.3 is 0 Å². The molecule has 1 atom stereocenters. The fourth-order valence-corrected chi connectivity index (χ4v) is 4.47. The van der Waals surface area contributed by atoms with Crippen LogP contribution in [0.1, 0.15) is 12.1 Å². The predicted molar refractivity (Wildman–Crippen MR) is 81.1 cm³/mol. The number of halogens is 2. The molecule has 8 heteroatoms.